The van der Waals surface area contributed by atoms with Crippen molar-refractivity contribution in [2.24, 2.45) is 5.92 Å². The molecule has 0 radical (unpaired) electrons. The minimum Gasteiger partial charge on any atom is -0.314 e. The molecule has 1 aliphatic carbocycles. The highest BCUT2D eigenvalue weighted by Crippen LogP contribution is 2.31. The first kappa shape index (κ1) is 13.4. The number of hydrogen-bond acceptors (Lipinski definition) is 2. The first-order valence-electron chi connectivity index (χ1n) is 7.61. The van der Waals surface area contributed by atoms with E-state index >= 15 is 0 Å². The number of rotatable bonds is 2. The second-order valence-corrected chi connectivity index (χ2v) is 6.62. The molecule has 2 fully saturated rings. The van der Waals surface area contributed by atoms with Crippen LogP contribution in [0, 0.1) is 5.92 Å². The number of piperazine rings is 1. The molecule has 1 heterocycles. The van der Waals surface area contributed by atoms with Crippen LogP contribution in [0.15, 0.2) is 0 Å². The van der Waals surface area contributed by atoms with Crippen LogP contribution >= 0.6 is 0 Å². The van der Waals surface area contributed by atoms with E-state index in [2.05, 4.69) is 31.0 Å². The summed E-state index contributed by atoms with van der Waals surface area (Å²) in [5.41, 5.74) is 0.356. The molecule has 1 saturated carbocycles. The molecule has 0 aromatic heterocycles. The summed E-state index contributed by atoms with van der Waals surface area (Å²) in [4.78, 5) is 2.79. The van der Waals surface area contributed by atoms with Crippen LogP contribution in [0.4, 0.5) is 0 Å². The molecule has 1 saturated heterocycles. The van der Waals surface area contributed by atoms with Gasteiger partial charge in [0.1, 0.15) is 0 Å². The SMILES string of the molecule is CCC1CCCC(N2CCNCC2(C)C)CC1. The van der Waals surface area contributed by atoms with Crippen LogP contribution < -0.4 is 5.32 Å². The van der Waals surface area contributed by atoms with Crippen molar-refractivity contribution < 1.29 is 0 Å². The van der Waals surface area contributed by atoms with Gasteiger partial charge in [0, 0.05) is 31.2 Å². The van der Waals surface area contributed by atoms with Gasteiger partial charge in [0.05, 0.1) is 0 Å². The number of nitrogens with one attached hydrogen (secondary N) is 1. The Hall–Kier alpha value is -0.0800. The average Bonchev–Trinajstić information content (AvgIpc) is 2.53. The van der Waals surface area contributed by atoms with Crippen molar-refractivity contribution in [2.75, 3.05) is 19.6 Å². The number of nitrogens with zero attached hydrogens (tertiary/aromatic N) is 1. The third kappa shape index (κ3) is 3.23. The highest BCUT2D eigenvalue weighted by molar-refractivity contribution is 4.93. The van der Waals surface area contributed by atoms with Gasteiger partial charge in [-0.15, -0.1) is 0 Å². The molecule has 2 nitrogen and oxygen atoms in total. The zero-order valence-corrected chi connectivity index (χ0v) is 12.0. The van der Waals surface area contributed by atoms with Gasteiger partial charge in [-0.2, -0.15) is 0 Å². The third-order valence-corrected chi connectivity index (χ3v) is 4.94. The molecule has 2 atom stereocenters. The van der Waals surface area contributed by atoms with E-state index in [1.807, 2.05) is 0 Å². The van der Waals surface area contributed by atoms with Gasteiger partial charge in [-0.3, -0.25) is 4.90 Å². The molecular formula is C15H30N2. The summed E-state index contributed by atoms with van der Waals surface area (Å²) < 4.78 is 0. The van der Waals surface area contributed by atoms with Crippen LogP contribution in [-0.4, -0.2) is 36.1 Å². The van der Waals surface area contributed by atoms with E-state index in [1.165, 1.54) is 51.6 Å². The molecule has 0 amide bonds. The summed E-state index contributed by atoms with van der Waals surface area (Å²) in [6.07, 6.45) is 8.63. The topological polar surface area (TPSA) is 15.3 Å². The number of hydrogen-bond donors (Lipinski definition) is 1. The van der Waals surface area contributed by atoms with E-state index in [0.29, 0.717) is 5.54 Å². The highest BCUT2D eigenvalue weighted by atomic mass is 15.3. The van der Waals surface area contributed by atoms with Gasteiger partial charge in [0.25, 0.3) is 0 Å². The Morgan fingerprint density at radius 2 is 2.00 bits per heavy atom. The molecular weight excluding hydrogens is 208 g/mol. The lowest BCUT2D eigenvalue weighted by Crippen LogP contribution is -2.61. The van der Waals surface area contributed by atoms with Crippen LogP contribution in [0.2, 0.25) is 0 Å². The van der Waals surface area contributed by atoms with Gasteiger partial charge in [0.15, 0.2) is 0 Å². The zero-order chi connectivity index (χ0) is 12.3. The fraction of sp³-hybridized carbons (Fsp3) is 1.00. The van der Waals surface area contributed by atoms with E-state index < -0.39 is 0 Å². The van der Waals surface area contributed by atoms with Crippen molar-refractivity contribution in [1.82, 2.24) is 10.2 Å². The lowest BCUT2D eigenvalue weighted by Gasteiger charge is -2.47. The smallest absolute Gasteiger partial charge is 0.0281 e. The molecule has 0 bridgehead atoms. The quantitative estimate of drug-likeness (QED) is 0.744. The molecule has 2 heteroatoms. The summed E-state index contributed by atoms with van der Waals surface area (Å²) in [6.45, 7) is 10.7. The lowest BCUT2D eigenvalue weighted by atomic mass is 9.93. The Morgan fingerprint density at radius 1 is 1.18 bits per heavy atom. The van der Waals surface area contributed by atoms with Crippen molar-refractivity contribution in [1.29, 1.82) is 0 Å². The van der Waals surface area contributed by atoms with E-state index in [9.17, 15) is 0 Å². The van der Waals surface area contributed by atoms with Gasteiger partial charge < -0.3 is 5.32 Å². The first-order valence-corrected chi connectivity index (χ1v) is 7.61. The Morgan fingerprint density at radius 3 is 2.71 bits per heavy atom. The van der Waals surface area contributed by atoms with Crippen LogP contribution in [0.25, 0.3) is 0 Å². The minimum absolute atomic E-state index is 0.356. The Balaban J connectivity index is 1.96. The maximum atomic E-state index is 3.54. The average molecular weight is 238 g/mol. The maximum absolute atomic E-state index is 3.54. The van der Waals surface area contributed by atoms with Crippen LogP contribution in [0.1, 0.15) is 59.3 Å². The Labute approximate surface area is 107 Å². The predicted octanol–water partition coefficient (Wildman–Crippen LogP) is 3.03. The standard InChI is InChI=1S/C15H30N2/c1-4-13-6-5-7-14(9-8-13)17-11-10-16-12-15(17,2)3/h13-14,16H,4-12H2,1-3H3. The first-order chi connectivity index (χ1) is 8.13. The van der Waals surface area contributed by atoms with E-state index in [1.54, 1.807) is 0 Å². The van der Waals surface area contributed by atoms with Gasteiger partial charge in [-0.1, -0.05) is 26.2 Å². The summed E-state index contributed by atoms with van der Waals surface area (Å²) in [6, 6.07) is 0.851. The summed E-state index contributed by atoms with van der Waals surface area (Å²) in [5, 5.41) is 3.54. The third-order valence-electron chi connectivity index (χ3n) is 4.94. The molecule has 2 unspecified atom stereocenters. The Kier molecular flexibility index (Phi) is 4.48. The van der Waals surface area contributed by atoms with E-state index in [4.69, 9.17) is 0 Å². The molecule has 1 N–H and O–H groups in total. The molecule has 17 heavy (non-hydrogen) atoms. The minimum atomic E-state index is 0.356. The van der Waals surface area contributed by atoms with Crippen molar-refractivity contribution in [3.63, 3.8) is 0 Å². The zero-order valence-electron chi connectivity index (χ0n) is 12.0. The Bertz CT molecular complexity index is 237. The van der Waals surface area contributed by atoms with Crippen molar-refractivity contribution in [3.05, 3.63) is 0 Å². The largest absolute Gasteiger partial charge is 0.314 e. The fourth-order valence-corrected chi connectivity index (χ4v) is 3.75. The van der Waals surface area contributed by atoms with Crippen LogP contribution in [0.5, 0.6) is 0 Å². The van der Waals surface area contributed by atoms with E-state index in [-0.39, 0.29) is 0 Å². The molecule has 100 valence electrons. The highest BCUT2D eigenvalue weighted by Gasteiger charge is 2.35. The van der Waals surface area contributed by atoms with Crippen LogP contribution in [-0.2, 0) is 0 Å². The summed E-state index contributed by atoms with van der Waals surface area (Å²) in [5.74, 6) is 1.01. The molecule has 2 aliphatic rings. The second-order valence-electron chi connectivity index (χ2n) is 6.62. The molecule has 0 aromatic carbocycles. The maximum Gasteiger partial charge on any atom is 0.0281 e. The van der Waals surface area contributed by atoms with Crippen molar-refractivity contribution in [3.8, 4) is 0 Å². The van der Waals surface area contributed by atoms with Crippen LogP contribution in [0.3, 0.4) is 0 Å². The summed E-state index contributed by atoms with van der Waals surface area (Å²) in [7, 11) is 0. The normalized spacial score (nSPS) is 35.5. The molecule has 0 aromatic rings. The monoisotopic (exact) mass is 238 g/mol. The van der Waals surface area contributed by atoms with Crippen molar-refractivity contribution >= 4 is 0 Å². The van der Waals surface area contributed by atoms with E-state index in [0.717, 1.165) is 18.5 Å². The molecule has 0 spiro atoms. The molecule has 1 aliphatic heterocycles. The summed E-state index contributed by atoms with van der Waals surface area (Å²) >= 11 is 0. The van der Waals surface area contributed by atoms with Gasteiger partial charge >= 0.3 is 0 Å². The fourth-order valence-electron chi connectivity index (χ4n) is 3.75. The predicted molar refractivity (Wildman–Crippen MR) is 74.3 cm³/mol. The van der Waals surface area contributed by atoms with Crippen molar-refractivity contribution in [2.45, 2.75) is 70.9 Å². The van der Waals surface area contributed by atoms with Gasteiger partial charge in [-0.25, -0.2) is 0 Å². The van der Waals surface area contributed by atoms with Gasteiger partial charge in [0.2, 0.25) is 0 Å². The second kappa shape index (κ2) is 5.71. The molecule has 2 rings (SSSR count). The lowest BCUT2D eigenvalue weighted by molar-refractivity contribution is 0.0376. The van der Waals surface area contributed by atoms with Gasteiger partial charge in [-0.05, 0) is 39.0 Å².